The second-order valence-corrected chi connectivity index (χ2v) is 3.85. The van der Waals surface area contributed by atoms with Gasteiger partial charge in [-0.25, -0.2) is 0 Å². The normalized spacial score (nSPS) is 16.3. The first-order valence-electron chi connectivity index (χ1n) is 5.83. The molecule has 0 aromatic carbocycles. The largest absolute Gasteiger partial charge is 0.411 e. The predicted molar refractivity (Wildman–Crippen MR) is 60.8 cm³/mol. The van der Waals surface area contributed by atoms with Crippen LogP contribution in [-0.4, -0.2) is 48.0 Å². The van der Waals surface area contributed by atoms with Crippen molar-refractivity contribution >= 4 is 11.6 Å². The number of piperidine rings is 1. The molecule has 1 rings (SSSR count). The lowest BCUT2D eigenvalue weighted by atomic mass is 10.1. The topological polar surface area (TPSA) is 62.1 Å². The van der Waals surface area contributed by atoms with Gasteiger partial charge in [0.05, 0.1) is 5.71 Å². The zero-order chi connectivity index (χ0) is 11.8. The number of carbonyl (C=O) groups is 1. The fourth-order valence-corrected chi connectivity index (χ4v) is 1.74. The van der Waals surface area contributed by atoms with Crippen molar-refractivity contribution in [2.45, 2.75) is 32.6 Å². The predicted octanol–water partition coefficient (Wildman–Crippen LogP) is 1.26. The lowest BCUT2D eigenvalue weighted by Gasteiger charge is -2.27. The maximum Gasteiger partial charge on any atom is 0.222 e. The van der Waals surface area contributed by atoms with Crippen LogP contribution >= 0.6 is 0 Å². The first-order chi connectivity index (χ1) is 7.77. The number of hydrogen-bond acceptors (Lipinski definition) is 4. The van der Waals surface area contributed by atoms with Gasteiger partial charge >= 0.3 is 0 Å². The summed E-state index contributed by atoms with van der Waals surface area (Å²) in [5.74, 6) is 0.177. The van der Waals surface area contributed by atoms with Gasteiger partial charge in [0.2, 0.25) is 5.91 Å². The van der Waals surface area contributed by atoms with Crippen molar-refractivity contribution in [1.29, 1.82) is 0 Å². The molecule has 1 N–H and O–H groups in total. The summed E-state index contributed by atoms with van der Waals surface area (Å²) >= 11 is 0. The first-order valence-corrected chi connectivity index (χ1v) is 5.83. The molecule has 0 aliphatic carbocycles. The van der Waals surface area contributed by atoms with Crippen molar-refractivity contribution < 1.29 is 14.7 Å². The van der Waals surface area contributed by atoms with Crippen LogP contribution in [-0.2, 0) is 9.53 Å². The Morgan fingerprint density at radius 2 is 2.19 bits per heavy atom. The van der Waals surface area contributed by atoms with Crippen molar-refractivity contribution in [3.8, 4) is 0 Å². The van der Waals surface area contributed by atoms with Gasteiger partial charge < -0.3 is 14.8 Å². The first kappa shape index (κ1) is 13.0. The van der Waals surface area contributed by atoms with Crippen molar-refractivity contribution in [1.82, 2.24) is 4.90 Å². The van der Waals surface area contributed by atoms with Gasteiger partial charge in [0.15, 0.2) is 0 Å². The molecule has 5 heteroatoms. The Morgan fingerprint density at radius 1 is 1.50 bits per heavy atom. The SMILES string of the molecule is CCOCCCC(=O)N1CCC(=NO)CC1. The molecule has 0 radical (unpaired) electrons. The van der Waals surface area contributed by atoms with Crippen molar-refractivity contribution in [2.24, 2.45) is 5.16 Å². The van der Waals surface area contributed by atoms with E-state index in [-0.39, 0.29) is 5.91 Å². The van der Waals surface area contributed by atoms with Gasteiger partial charge in [-0.15, -0.1) is 0 Å². The fraction of sp³-hybridized carbons (Fsp3) is 0.818. The number of ether oxygens (including phenoxy) is 1. The van der Waals surface area contributed by atoms with Crippen LogP contribution in [0.4, 0.5) is 0 Å². The molecule has 1 heterocycles. The fourth-order valence-electron chi connectivity index (χ4n) is 1.74. The van der Waals surface area contributed by atoms with E-state index in [0.29, 0.717) is 45.6 Å². The Balaban J connectivity index is 2.18. The van der Waals surface area contributed by atoms with Crippen molar-refractivity contribution in [2.75, 3.05) is 26.3 Å². The van der Waals surface area contributed by atoms with Crippen LogP contribution in [0.2, 0.25) is 0 Å². The van der Waals surface area contributed by atoms with E-state index in [2.05, 4.69) is 5.16 Å². The molecule has 1 amide bonds. The monoisotopic (exact) mass is 228 g/mol. The summed E-state index contributed by atoms with van der Waals surface area (Å²) in [4.78, 5) is 13.6. The summed E-state index contributed by atoms with van der Waals surface area (Å²) in [6, 6.07) is 0. The molecule has 1 aliphatic heterocycles. The summed E-state index contributed by atoms with van der Waals surface area (Å²) in [6.45, 7) is 4.65. The van der Waals surface area contributed by atoms with E-state index in [1.54, 1.807) is 0 Å². The number of carbonyl (C=O) groups excluding carboxylic acids is 1. The number of nitrogens with zero attached hydrogens (tertiary/aromatic N) is 2. The van der Waals surface area contributed by atoms with Crippen LogP contribution in [0, 0.1) is 0 Å². The van der Waals surface area contributed by atoms with Gasteiger partial charge in [-0.2, -0.15) is 0 Å². The lowest BCUT2D eigenvalue weighted by Crippen LogP contribution is -2.38. The Kier molecular flexibility index (Phi) is 5.85. The molecule has 0 spiro atoms. The molecular formula is C11H20N2O3. The zero-order valence-electron chi connectivity index (χ0n) is 9.81. The minimum absolute atomic E-state index is 0.177. The van der Waals surface area contributed by atoms with Gasteiger partial charge in [0, 0.05) is 45.6 Å². The van der Waals surface area contributed by atoms with Gasteiger partial charge in [-0.1, -0.05) is 5.16 Å². The molecule has 0 aromatic rings. The van der Waals surface area contributed by atoms with Gasteiger partial charge in [-0.05, 0) is 13.3 Å². The molecule has 0 unspecified atom stereocenters. The lowest BCUT2D eigenvalue weighted by molar-refractivity contribution is -0.131. The number of likely N-dealkylation sites (tertiary alicyclic amines) is 1. The minimum Gasteiger partial charge on any atom is -0.411 e. The quantitative estimate of drug-likeness (QED) is 0.437. The van der Waals surface area contributed by atoms with E-state index in [1.807, 2.05) is 11.8 Å². The highest BCUT2D eigenvalue weighted by molar-refractivity contribution is 5.87. The third-order valence-electron chi connectivity index (χ3n) is 2.72. The maximum atomic E-state index is 11.7. The van der Waals surface area contributed by atoms with E-state index in [9.17, 15) is 4.79 Å². The number of hydrogen-bond donors (Lipinski definition) is 1. The number of oxime groups is 1. The molecule has 16 heavy (non-hydrogen) atoms. The third kappa shape index (κ3) is 4.18. The molecule has 1 saturated heterocycles. The molecule has 92 valence electrons. The van der Waals surface area contributed by atoms with Crippen LogP contribution < -0.4 is 0 Å². The van der Waals surface area contributed by atoms with Crippen molar-refractivity contribution in [3.63, 3.8) is 0 Å². The Labute approximate surface area is 96.1 Å². The molecule has 0 bridgehead atoms. The molecule has 1 aliphatic rings. The number of rotatable bonds is 5. The Morgan fingerprint density at radius 3 is 2.75 bits per heavy atom. The van der Waals surface area contributed by atoms with Crippen molar-refractivity contribution in [3.05, 3.63) is 0 Å². The van der Waals surface area contributed by atoms with E-state index >= 15 is 0 Å². The number of amides is 1. The molecule has 5 nitrogen and oxygen atoms in total. The highest BCUT2D eigenvalue weighted by atomic mass is 16.5. The van der Waals surface area contributed by atoms with Crippen LogP contribution in [0.5, 0.6) is 0 Å². The second-order valence-electron chi connectivity index (χ2n) is 3.85. The van der Waals surface area contributed by atoms with E-state index in [1.165, 1.54) is 0 Å². The second kappa shape index (κ2) is 7.22. The molecule has 1 fully saturated rings. The molecule has 0 atom stereocenters. The highest BCUT2D eigenvalue weighted by Crippen LogP contribution is 2.09. The van der Waals surface area contributed by atoms with E-state index in [4.69, 9.17) is 9.94 Å². The summed E-state index contributed by atoms with van der Waals surface area (Å²) in [6.07, 6.45) is 2.71. The van der Waals surface area contributed by atoms with Crippen LogP contribution in [0.1, 0.15) is 32.6 Å². The van der Waals surface area contributed by atoms with Gasteiger partial charge in [0.25, 0.3) is 0 Å². The molecule has 0 saturated carbocycles. The summed E-state index contributed by atoms with van der Waals surface area (Å²) in [5, 5.41) is 11.8. The maximum absolute atomic E-state index is 11.7. The van der Waals surface area contributed by atoms with E-state index < -0.39 is 0 Å². The average molecular weight is 228 g/mol. The van der Waals surface area contributed by atoms with E-state index in [0.717, 1.165) is 12.1 Å². The zero-order valence-corrected chi connectivity index (χ0v) is 9.81. The highest BCUT2D eigenvalue weighted by Gasteiger charge is 2.19. The summed E-state index contributed by atoms with van der Waals surface area (Å²) in [7, 11) is 0. The summed E-state index contributed by atoms with van der Waals surface area (Å²) < 4.78 is 5.18. The molecule has 0 aromatic heterocycles. The smallest absolute Gasteiger partial charge is 0.222 e. The Hall–Kier alpha value is -1.10. The third-order valence-corrected chi connectivity index (χ3v) is 2.72. The standard InChI is InChI=1S/C11H20N2O3/c1-2-16-9-3-4-11(14)13-7-5-10(12-15)6-8-13/h15H,2-9H2,1H3. The van der Waals surface area contributed by atoms with Gasteiger partial charge in [0.1, 0.15) is 0 Å². The van der Waals surface area contributed by atoms with Crippen LogP contribution in [0.25, 0.3) is 0 Å². The minimum atomic E-state index is 0.177. The van der Waals surface area contributed by atoms with Gasteiger partial charge in [-0.3, -0.25) is 4.79 Å². The summed E-state index contributed by atoms with van der Waals surface area (Å²) in [5.41, 5.74) is 0.790. The Bertz CT molecular complexity index is 244. The average Bonchev–Trinajstić information content (AvgIpc) is 2.34. The van der Waals surface area contributed by atoms with Crippen LogP contribution in [0.3, 0.4) is 0 Å². The molecular weight excluding hydrogens is 208 g/mol. The van der Waals surface area contributed by atoms with Crippen LogP contribution in [0.15, 0.2) is 5.16 Å².